The van der Waals surface area contributed by atoms with Crippen molar-refractivity contribution in [2.75, 3.05) is 75.1 Å². The quantitative estimate of drug-likeness (QED) is 0.476. The van der Waals surface area contributed by atoms with E-state index in [9.17, 15) is 8.42 Å². The molecule has 4 rings (SSSR count). The fraction of sp³-hybridized carbons (Fsp3) is 0.619. The van der Waals surface area contributed by atoms with Crippen LogP contribution < -0.4 is 20.3 Å². The van der Waals surface area contributed by atoms with Crippen LogP contribution in [0.5, 0.6) is 0 Å². The van der Waals surface area contributed by atoms with Crippen LogP contribution in [-0.4, -0.2) is 92.2 Å². The molecule has 1 saturated heterocycles. The minimum atomic E-state index is -3.51. The average Bonchev–Trinajstić information content (AvgIpc) is 3.27. The predicted molar refractivity (Wildman–Crippen MR) is 131 cm³/mol. The molecule has 186 valence electrons. The second kappa shape index (κ2) is 10.8. The minimum absolute atomic E-state index is 0.211. The summed E-state index contributed by atoms with van der Waals surface area (Å²) >= 11 is 0. The largest absolute Gasteiger partial charge is 0.378 e. The first-order chi connectivity index (χ1) is 16.4. The molecule has 34 heavy (non-hydrogen) atoms. The molecule has 2 aliphatic rings. The number of nitrogens with two attached hydrogens (primary N) is 1. The van der Waals surface area contributed by atoms with Gasteiger partial charge in [-0.3, -0.25) is 0 Å². The number of ether oxygens (including phenoxy) is 1. The molecule has 0 aromatic carbocycles. The van der Waals surface area contributed by atoms with Crippen LogP contribution >= 0.6 is 0 Å². The summed E-state index contributed by atoms with van der Waals surface area (Å²) < 4.78 is 34.5. The summed E-state index contributed by atoms with van der Waals surface area (Å²) in [6.07, 6.45) is 5.85. The Labute approximate surface area is 200 Å². The van der Waals surface area contributed by atoms with Crippen molar-refractivity contribution in [2.24, 2.45) is 0 Å². The van der Waals surface area contributed by atoms with E-state index in [-0.39, 0.29) is 5.95 Å². The second-order valence-electron chi connectivity index (χ2n) is 8.30. The molecule has 0 atom stereocenters. The number of nitrogens with one attached hydrogen (secondary N) is 1. The van der Waals surface area contributed by atoms with Gasteiger partial charge in [0, 0.05) is 69.8 Å². The number of nitrogen functional groups attached to an aromatic ring is 1. The molecule has 3 N–H and O–H groups in total. The summed E-state index contributed by atoms with van der Waals surface area (Å²) in [7, 11) is -2.06. The highest BCUT2D eigenvalue weighted by atomic mass is 32.2. The highest BCUT2D eigenvalue weighted by Gasteiger charge is 2.29. The monoisotopic (exact) mass is 491 g/mol. The number of anilines is 3. The third-order valence-electron chi connectivity index (χ3n) is 6.12. The zero-order valence-electron chi connectivity index (χ0n) is 19.8. The molecule has 0 unspecified atom stereocenters. The Morgan fingerprint density at radius 1 is 1.15 bits per heavy atom. The summed E-state index contributed by atoms with van der Waals surface area (Å²) in [6, 6.07) is 0. The molecule has 0 spiro atoms. The van der Waals surface area contributed by atoms with Crippen LogP contribution in [0.4, 0.5) is 17.7 Å². The van der Waals surface area contributed by atoms with Gasteiger partial charge < -0.3 is 20.3 Å². The number of morpholine rings is 1. The van der Waals surface area contributed by atoms with Gasteiger partial charge in [0.2, 0.25) is 11.9 Å². The molecule has 0 amide bonds. The molecule has 2 aromatic heterocycles. The Bertz CT molecular complexity index is 1080. The standard InChI is InChI=1S/C21H33N9O3S/c1-3-4-6-30(34(31,32)23-2)9-8-28-7-5-17-18(16-14-24-20(22)25-15-16)26-21(27-19(17)28)29-10-12-33-13-11-29/h14-15,23H,3-13H2,1-2H3,(H2,22,24,25). The number of unbranched alkanes of at least 4 members (excludes halogenated alkanes) is 1. The third kappa shape index (κ3) is 5.37. The van der Waals surface area contributed by atoms with Crippen LogP contribution in [-0.2, 0) is 21.4 Å². The Kier molecular flexibility index (Phi) is 7.76. The lowest BCUT2D eigenvalue weighted by atomic mass is 10.1. The van der Waals surface area contributed by atoms with Crippen molar-refractivity contribution in [3.63, 3.8) is 0 Å². The maximum atomic E-state index is 12.5. The Morgan fingerprint density at radius 2 is 1.88 bits per heavy atom. The van der Waals surface area contributed by atoms with Crippen molar-refractivity contribution in [1.29, 1.82) is 0 Å². The first kappa shape index (κ1) is 24.5. The van der Waals surface area contributed by atoms with Crippen molar-refractivity contribution >= 4 is 27.9 Å². The molecule has 13 heteroatoms. The molecule has 2 aliphatic heterocycles. The van der Waals surface area contributed by atoms with Crippen LogP contribution in [0.25, 0.3) is 11.3 Å². The summed E-state index contributed by atoms with van der Waals surface area (Å²) in [5.74, 6) is 1.68. The highest BCUT2D eigenvalue weighted by Crippen LogP contribution is 2.35. The molecule has 0 radical (unpaired) electrons. The van der Waals surface area contributed by atoms with Gasteiger partial charge in [-0.1, -0.05) is 13.3 Å². The average molecular weight is 492 g/mol. The summed E-state index contributed by atoms with van der Waals surface area (Å²) in [4.78, 5) is 22.4. The SMILES string of the molecule is CCCCN(CCN1CCc2c(-c3cnc(N)nc3)nc(N3CCOCC3)nc21)S(=O)(=O)NC. The van der Waals surface area contributed by atoms with E-state index in [0.29, 0.717) is 51.9 Å². The van der Waals surface area contributed by atoms with E-state index in [1.807, 2.05) is 6.92 Å². The molecule has 0 aliphatic carbocycles. The van der Waals surface area contributed by atoms with Crippen LogP contribution in [0, 0.1) is 0 Å². The second-order valence-corrected chi connectivity index (χ2v) is 10.2. The van der Waals surface area contributed by atoms with Crippen LogP contribution in [0.1, 0.15) is 25.3 Å². The number of aromatic nitrogens is 4. The number of rotatable bonds is 10. The van der Waals surface area contributed by atoms with E-state index in [4.69, 9.17) is 20.4 Å². The van der Waals surface area contributed by atoms with Gasteiger partial charge in [-0.05, 0) is 12.8 Å². The Balaban J connectivity index is 1.64. The smallest absolute Gasteiger partial charge is 0.279 e. The van der Waals surface area contributed by atoms with E-state index >= 15 is 0 Å². The van der Waals surface area contributed by atoms with Crippen LogP contribution in [0.3, 0.4) is 0 Å². The topological polar surface area (TPSA) is 143 Å². The van der Waals surface area contributed by atoms with Gasteiger partial charge in [-0.25, -0.2) is 19.7 Å². The van der Waals surface area contributed by atoms with Gasteiger partial charge >= 0.3 is 0 Å². The van der Waals surface area contributed by atoms with Gasteiger partial charge in [0.15, 0.2) is 0 Å². The predicted octanol–water partition coefficient (Wildman–Crippen LogP) is 0.281. The van der Waals surface area contributed by atoms with Gasteiger partial charge in [0.05, 0.1) is 18.9 Å². The summed E-state index contributed by atoms with van der Waals surface area (Å²) in [5, 5.41) is 0. The lowest BCUT2D eigenvalue weighted by Gasteiger charge is -2.29. The number of nitrogens with zero attached hydrogens (tertiary/aromatic N) is 7. The van der Waals surface area contributed by atoms with Crippen molar-refractivity contribution in [2.45, 2.75) is 26.2 Å². The highest BCUT2D eigenvalue weighted by molar-refractivity contribution is 7.87. The van der Waals surface area contributed by atoms with Gasteiger partial charge in [0.25, 0.3) is 10.2 Å². The summed E-state index contributed by atoms with van der Waals surface area (Å²) in [5.41, 5.74) is 8.28. The first-order valence-electron chi connectivity index (χ1n) is 11.7. The lowest BCUT2D eigenvalue weighted by molar-refractivity contribution is 0.122. The minimum Gasteiger partial charge on any atom is -0.378 e. The van der Waals surface area contributed by atoms with Gasteiger partial charge in [0.1, 0.15) is 5.82 Å². The maximum absolute atomic E-state index is 12.5. The van der Waals surface area contributed by atoms with Crippen LogP contribution in [0.2, 0.25) is 0 Å². The summed E-state index contributed by atoms with van der Waals surface area (Å²) in [6.45, 7) is 6.85. The number of hydrogen-bond acceptors (Lipinski definition) is 10. The van der Waals surface area contributed by atoms with Gasteiger partial charge in [-0.2, -0.15) is 17.7 Å². The van der Waals surface area contributed by atoms with Gasteiger partial charge in [-0.15, -0.1) is 0 Å². The molecule has 0 bridgehead atoms. The van der Waals surface area contributed by atoms with Crippen molar-refractivity contribution < 1.29 is 13.2 Å². The lowest BCUT2D eigenvalue weighted by Crippen LogP contribution is -2.43. The molecular formula is C21H33N9O3S. The van der Waals surface area contributed by atoms with E-state index in [1.54, 1.807) is 12.4 Å². The molecule has 0 saturated carbocycles. The first-order valence-corrected chi connectivity index (χ1v) is 13.1. The molecule has 2 aromatic rings. The molecule has 12 nitrogen and oxygen atoms in total. The third-order valence-corrected chi connectivity index (χ3v) is 7.68. The van der Waals surface area contributed by atoms with E-state index in [2.05, 4.69) is 24.5 Å². The Morgan fingerprint density at radius 3 is 2.56 bits per heavy atom. The fourth-order valence-electron chi connectivity index (χ4n) is 4.17. The van der Waals surface area contributed by atoms with E-state index in [1.165, 1.54) is 11.4 Å². The van der Waals surface area contributed by atoms with E-state index < -0.39 is 10.2 Å². The fourth-order valence-corrected chi connectivity index (χ4v) is 5.12. The van der Waals surface area contributed by atoms with Crippen molar-refractivity contribution in [1.82, 2.24) is 29.0 Å². The van der Waals surface area contributed by atoms with E-state index in [0.717, 1.165) is 48.4 Å². The molecule has 4 heterocycles. The maximum Gasteiger partial charge on any atom is 0.279 e. The van der Waals surface area contributed by atoms with Crippen LogP contribution in [0.15, 0.2) is 12.4 Å². The Hall–Kier alpha value is -2.61. The van der Waals surface area contributed by atoms with Crippen molar-refractivity contribution in [3.8, 4) is 11.3 Å². The number of fused-ring (bicyclic) bond motifs is 1. The molecular weight excluding hydrogens is 458 g/mol. The van der Waals surface area contributed by atoms with Crippen molar-refractivity contribution in [3.05, 3.63) is 18.0 Å². The normalized spacial score (nSPS) is 16.3. The number of hydrogen-bond donors (Lipinski definition) is 2. The zero-order valence-corrected chi connectivity index (χ0v) is 20.6. The molecule has 1 fully saturated rings. The zero-order chi connectivity index (χ0) is 24.1.